The Morgan fingerprint density at radius 1 is 1.62 bits per heavy atom. The van der Waals surface area contributed by atoms with Crippen molar-refractivity contribution in [1.29, 1.82) is 0 Å². The number of carbonyl (C=O) groups is 2. The molecule has 1 unspecified atom stereocenters. The van der Waals surface area contributed by atoms with Gasteiger partial charge in [0.25, 0.3) is 0 Å². The third-order valence-corrected chi connectivity index (χ3v) is 2.04. The first kappa shape index (κ1) is 12.2. The number of nitrogens with zero attached hydrogens (tertiary/aromatic N) is 2. The highest BCUT2D eigenvalue weighted by Gasteiger charge is 2.16. The van der Waals surface area contributed by atoms with Crippen molar-refractivity contribution in [3.8, 4) is 0 Å². The van der Waals surface area contributed by atoms with Crippen molar-refractivity contribution >= 4 is 11.8 Å². The molecule has 5 N–H and O–H groups in total. The van der Waals surface area contributed by atoms with Gasteiger partial charge in [-0.25, -0.2) is 0 Å². The average Bonchev–Trinajstić information content (AvgIpc) is 2.63. The molecule has 1 atom stereocenters. The van der Waals surface area contributed by atoms with Gasteiger partial charge in [0.2, 0.25) is 11.8 Å². The predicted octanol–water partition coefficient (Wildman–Crippen LogP) is -1.59. The number of hydrogen-bond acceptors (Lipinski definition) is 4. The van der Waals surface area contributed by atoms with Crippen LogP contribution in [0.3, 0.4) is 0 Å². The normalized spacial score (nSPS) is 12.1. The molecule has 7 nitrogen and oxygen atoms in total. The summed E-state index contributed by atoms with van der Waals surface area (Å²) >= 11 is 0. The molecule has 1 aromatic rings. The molecular weight excluding hydrogens is 210 g/mol. The number of aromatic nitrogens is 2. The summed E-state index contributed by atoms with van der Waals surface area (Å²) in [6.07, 6.45) is 3.29. The van der Waals surface area contributed by atoms with Crippen molar-refractivity contribution < 1.29 is 9.59 Å². The van der Waals surface area contributed by atoms with Gasteiger partial charge in [-0.1, -0.05) is 0 Å². The summed E-state index contributed by atoms with van der Waals surface area (Å²) in [5, 5.41) is 6.43. The lowest BCUT2D eigenvalue weighted by Gasteiger charge is -2.09. The first-order valence-corrected chi connectivity index (χ1v) is 4.81. The van der Waals surface area contributed by atoms with Crippen LogP contribution in [0.25, 0.3) is 0 Å². The summed E-state index contributed by atoms with van der Waals surface area (Å²) in [6, 6.07) is -0.776. The molecule has 0 radical (unpaired) electrons. The first-order chi connectivity index (χ1) is 7.50. The molecule has 7 heteroatoms. The van der Waals surface area contributed by atoms with Crippen molar-refractivity contribution in [2.75, 3.05) is 6.54 Å². The molecule has 1 rings (SSSR count). The van der Waals surface area contributed by atoms with Crippen LogP contribution in [0.15, 0.2) is 12.4 Å². The van der Waals surface area contributed by atoms with Crippen molar-refractivity contribution in [2.45, 2.75) is 12.5 Å². The fourth-order valence-electron chi connectivity index (χ4n) is 1.17. The van der Waals surface area contributed by atoms with E-state index in [-0.39, 0.29) is 18.9 Å². The second-order valence-corrected chi connectivity index (χ2v) is 3.43. The highest BCUT2D eigenvalue weighted by atomic mass is 16.2. The Morgan fingerprint density at radius 3 is 2.81 bits per heavy atom. The molecule has 16 heavy (non-hydrogen) atoms. The van der Waals surface area contributed by atoms with E-state index in [1.807, 2.05) is 0 Å². The van der Waals surface area contributed by atoms with E-state index in [0.29, 0.717) is 5.56 Å². The van der Waals surface area contributed by atoms with Crippen LogP contribution in [0.2, 0.25) is 0 Å². The van der Waals surface area contributed by atoms with Crippen LogP contribution in [-0.2, 0) is 16.6 Å². The standard InChI is InChI=1S/C9H15N5O2/c1-14-5-6(4-13-14)8(11)9(16)12-3-2-7(10)15/h4-5,8H,2-3,11H2,1H3,(H2,10,15)(H,12,16). The summed E-state index contributed by atoms with van der Waals surface area (Å²) < 4.78 is 1.56. The van der Waals surface area contributed by atoms with Gasteiger partial charge in [-0.15, -0.1) is 0 Å². The van der Waals surface area contributed by atoms with E-state index in [0.717, 1.165) is 0 Å². The zero-order valence-corrected chi connectivity index (χ0v) is 9.01. The smallest absolute Gasteiger partial charge is 0.241 e. The van der Waals surface area contributed by atoms with Gasteiger partial charge in [0.05, 0.1) is 6.20 Å². The number of hydrogen-bond donors (Lipinski definition) is 3. The van der Waals surface area contributed by atoms with Crippen LogP contribution >= 0.6 is 0 Å². The summed E-state index contributed by atoms with van der Waals surface area (Å²) in [6.45, 7) is 0.197. The van der Waals surface area contributed by atoms with Gasteiger partial charge in [-0.2, -0.15) is 5.10 Å². The summed E-state index contributed by atoms with van der Waals surface area (Å²) in [7, 11) is 1.74. The molecule has 0 bridgehead atoms. The molecule has 88 valence electrons. The van der Waals surface area contributed by atoms with Crippen LogP contribution in [0.4, 0.5) is 0 Å². The monoisotopic (exact) mass is 225 g/mol. The fourth-order valence-corrected chi connectivity index (χ4v) is 1.17. The fraction of sp³-hybridized carbons (Fsp3) is 0.444. The minimum Gasteiger partial charge on any atom is -0.370 e. The van der Waals surface area contributed by atoms with Crippen LogP contribution in [0, 0.1) is 0 Å². The number of amides is 2. The van der Waals surface area contributed by atoms with E-state index < -0.39 is 11.9 Å². The lowest BCUT2D eigenvalue weighted by atomic mass is 10.1. The van der Waals surface area contributed by atoms with E-state index in [2.05, 4.69) is 10.4 Å². The average molecular weight is 225 g/mol. The van der Waals surface area contributed by atoms with E-state index in [9.17, 15) is 9.59 Å². The van der Waals surface area contributed by atoms with Gasteiger partial charge in [-0.05, 0) is 0 Å². The largest absolute Gasteiger partial charge is 0.370 e. The summed E-state index contributed by atoms with van der Waals surface area (Å²) in [5.74, 6) is -0.815. The molecule has 0 fully saturated rings. The summed E-state index contributed by atoms with van der Waals surface area (Å²) in [4.78, 5) is 22.0. The zero-order valence-electron chi connectivity index (χ0n) is 9.01. The highest BCUT2D eigenvalue weighted by molar-refractivity contribution is 5.83. The Bertz CT molecular complexity index is 387. The second kappa shape index (κ2) is 5.26. The van der Waals surface area contributed by atoms with Gasteiger partial charge in [0.1, 0.15) is 6.04 Å². The quantitative estimate of drug-likeness (QED) is 0.560. The molecule has 1 heterocycles. The van der Waals surface area contributed by atoms with E-state index >= 15 is 0 Å². The van der Waals surface area contributed by atoms with Gasteiger partial charge >= 0.3 is 0 Å². The van der Waals surface area contributed by atoms with Crippen LogP contribution in [0.5, 0.6) is 0 Å². The third-order valence-electron chi connectivity index (χ3n) is 2.04. The zero-order chi connectivity index (χ0) is 12.1. The minimum atomic E-state index is -0.776. The molecule has 0 aliphatic carbocycles. The topological polar surface area (TPSA) is 116 Å². The number of primary amides is 1. The number of aryl methyl sites for hydroxylation is 1. The van der Waals surface area contributed by atoms with Gasteiger partial charge in [0, 0.05) is 31.8 Å². The molecule has 0 spiro atoms. The molecule has 0 saturated heterocycles. The van der Waals surface area contributed by atoms with Gasteiger partial charge < -0.3 is 16.8 Å². The number of carbonyl (C=O) groups excluding carboxylic acids is 2. The van der Waals surface area contributed by atoms with Crippen molar-refractivity contribution in [1.82, 2.24) is 15.1 Å². The highest BCUT2D eigenvalue weighted by Crippen LogP contribution is 2.07. The molecule has 0 aromatic carbocycles. The maximum Gasteiger partial charge on any atom is 0.241 e. The molecule has 0 saturated carbocycles. The first-order valence-electron chi connectivity index (χ1n) is 4.81. The van der Waals surface area contributed by atoms with E-state index in [1.54, 1.807) is 17.9 Å². The molecule has 0 aliphatic heterocycles. The lowest BCUT2D eigenvalue weighted by Crippen LogP contribution is -2.35. The minimum absolute atomic E-state index is 0.103. The van der Waals surface area contributed by atoms with Gasteiger partial charge in [0.15, 0.2) is 0 Å². The molecule has 1 aromatic heterocycles. The van der Waals surface area contributed by atoms with Crippen LogP contribution in [0.1, 0.15) is 18.0 Å². The Morgan fingerprint density at radius 2 is 2.31 bits per heavy atom. The molecule has 0 aliphatic rings. The van der Waals surface area contributed by atoms with Crippen molar-refractivity contribution in [3.05, 3.63) is 18.0 Å². The maximum absolute atomic E-state index is 11.5. The molecule has 2 amide bonds. The number of nitrogens with one attached hydrogen (secondary N) is 1. The van der Waals surface area contributed by atoms with Crippen LogP contribution in [-0.4, -0.2) is 28.1 Å². The second-order valence-electron chi connectivity index (χ2n) is 3.43. The lowest BCUT2D eigenvalue weighted by molar-refractivity contribution is -0.122. The maximum atomic E-state index is 11.5. The van der Waals surface area contributed by atoms with E-state index in [1.165, 1.54) is 6.20 Å². The van der Waals surface area contributed by atoms with Crippen molar-refractivity contribution in [3.63, 3.8) is 0 Å². The Balaban J connectivity index is 2.45. The number of nitrogens with two attached hydrogens (primary N) is 2. The Hall–Kier alpha value is -1.89. The molecular formula is C9H15N5O2. The van der Waals surface area contributed by atoms with Crippen LogP contribution < -0.4 is 16.8 Å². The van der Waals surface area contributed by atoms with Crippen molar-refractivity contribution in [2.24, 2.45) is 18.5 Å². The predicted molar refractivity (Wildman–Crippen MR) is 57.0 cm³/mol. The number of rotatable bonds is 5. The van der Waals surface area contributed by atoms with E-state index in [4.69, 9.17) is 11.5 Å². The SMILES string of the molecule is Cn1cc(C(N)C(=O)NCCC(N)=O)cn1. The third kappa shape index (κ3) is 3.35. The Labute approximate surface area is 92.8 Å². The summed E-state index contributed by atoms with van der Waals surface area (Å²) in [5.41, 5.74) is 11.2. The van der Waals surface area contributed by atoms with Gasteiger partial charge in [-0.3, -0.25) is 14.3 Å². The Kier molecular flexibility index (Phi) is 4.01.